The van der Waals surface area contributed by atoms with Gasteiger partial charge in [0.15, 0.2) is 11.3 Å². The molecule has 0 aromatic carbocycles. The molecule has 6 aliphatic heterocycles. The minimum absolute atomic E-state index is 0.00918. The van der Waals surface area contributed by atoms with Crippen molar-refractivity contribution in [1.82, 2.24) is 68.7 Å². The Morgan fingerprint density at radius 2 is 0.987 bits per heavy atom. The number of nitrogens with zero attached hydrogens (tertiary/aromatic N) is 12. The number of likely N-dealkylation sites (tertiary alicyclic amines) is 2. The van der Waals surface area contributed by atoms with Gasteiger partial charge in [0.25, 0.3) is 11.8 Å². The van der Waals surface area contributed by atoms with Gasteiger partial charge in [-0.05, 0) is 75.6 Å². The summed E-state index contributed by atoms with van der Waals surface area (Å²) < 4.78 is 29.4. The first-order valence-corrected chi connectivity index (χ1v) is 27.4. The lowest BCUT2D eigenvalue weighted by atomic mass is 9.89. The number of carbonyl (C=O) groups excluding carboxylic acids is 2. The zero-order chi connectivity index (χ0) is 53.9. The molecule has 412 valence electrons. The van der Waals surface area contributed by atoms with E-state index >= 15 is 0 Å². The number of fused-ring (bicyclic) bond motifs is 4. The molecule has 4 aromatic heterocycles. The van der Waals surface area contributed by atoms with Gasteiger partial charge in [0.1, 0.15) is 34.4 Å². The van der Waals surface area contributed by atoms with Crippen molar-refractivity contribution in [2.45, 2.75) is 87.7 Å². The SMILES string of the molecule is CNc1cc(-c2cnc3n(C4CCN(CCOC)CC4)cccc2-3)nc2c(C(=O)N[C@@H]3CC[C@H]3OC)cnn12.CNc1cc(-c2cnc3n(C4CCN(CCOC)CC4)cccc2-3)nc2c(C(=O)N[C@H]3CC[C@@H]3OC)cnn12. The Morgan fingerprint density at radius 3 is 1.35 bits per heavy atom. The number of ether oxygens (including phenoxy) is 4. The molecule has 2 aliphatic carbocycles. The molecular weight excluding hydrogens is 993 g/mol. The third-order valence-corrected chi connectivity index (χ3v) is 16.5. The van der Waals surface area contributed by atoms with Crippen molar-refractivity contribution >= 4 is 34.7 Å². The fraction of sp³-hybridized carbons (Fsp3) is 0.500. The van der Waals surface area contributed by atoms with E-state index in [1.165, 1.54) is 0 Å². The maximum Gasteiger partial charge on any atom is 0.257 e. The summed E-state index contributed by atoms with van der Waals surface area (Å²) in [5, 5.41) is 21.5. The van der Waals surface area contributed by atoms with E-state index in [4.69, 9.17) is 38.9 Å². The topological polar surface area (TPSA) is 222 Å². The third-order valence-electron chi connectivity index (χ3n) is 16.5. The minimum Gasteiger partial charge on any atom is -0.383 e. The highest BCUT2D eigenvalue weighted by Gasteiger charge is 2.35. The van der Waals surface area contributed by atoms with Crippen LogP contribution in [0.25, 0.3) is 56.6 Å². The predicted octanol–water partition coefficient (Wildman–Crippen LogP) is 5.86. The van der Waals surface area contributed by atoms with Crippen LogP contribution in [0.5, 0.6) is 0 Å². The molecule has 0 radical (unpaired) electrons. The van der Waals surface area contributed by atoms with E-state index in [-0.39, 0.29) is 36.1 Å². The largest absolute Gasteiger partial charge is 0.383 e. The van der Waals surface area contributed by atoms with Crippen molar-refractivity contribution < 1.29 is 28.5 Å². The fourth-order valence-corrected chi connectivity index (χ4v) is 11.6. The molecule has 0 spiro atoms. The Kier molecular flexibility index (Phi) is 15.9. The van der Waals surface area contributed by atoms with Gasteiger partial charge < -0.3 is 59.1 Å². The summed E-state index contributed by atoms with van der Waals surface area (Å²) >= 11 is 0. The van der Waals surface area contributed by atoms with E-state index in [2.05, 4.69) is 87.1 Å². The van der Waals surface area contributed by atoms with Crippen LogP contribution in [0, 0.1) is 0 Å². The van der Waals surface area contributed by atoms with Crippen LogP contribution in [0.3, 0.4) is 0 Å². The normalized spacial score (nSPS) is 20.4. The molecule has 4 aromatic rings. The summed E-state index contributed by atoms with van der Waals surface area (Å²) in [5.41, 5.74) is 7.33. The fourth-order valence-electron chi connectivity index (χ4n) is 11.6. The molecule has 2 saturated carbocycles. The molecule has 10 heterocycles. The monoisotopic (exact) mass is 1060 g/mol. The van der Waals surface area contributed by atoms with Gasteiger partial charge in [-0.3, -0.25) is 9.59 Å². The number of amides is 2. The molecule has 4 atom stereocenters. The number of hydrogen-bond donors (Lipinski definition) is 4. The molecule has 2 saturated heterocycles. The van der Waals surface area contributed by atoms with Gasteiger partial charge in [-0.15, -0.1) is 0 Å². The van der Waals surface area contributed by atoms with Crippen molar-refractivity contribution in [3.8, 4) is 45.3 Å². The molecule has 22 nitrogen and oxygen atoms in total. The number of rotatable bonds is 18. The van der Waals surface area contributed by atoms with Crippen LogP contribution in [0.2, 0.25) is 0 Å². The number of anilines is 2. The van der Waals surface area contributed by atoms with E-state index in [1.54, 1.807) is 49.9 Å². The molecular formula is C56H72N16O6. The van der Waals surface area contributed by atoms with Crippen molar-refractivity contribution in [2.24, 2.45) is 0 Å². The molecule has 78 heavy (non-hydrogen) atoms. The van der Waals surface area contributed by atoms with Crippen molar-refractivity contribution in [3.05, 3.63) is 84.7 Å². The minimum atomic E-state index is -0.191. The van der Waals surface area contributed by atoms with Gasteiger partial charge in [0.2, 0.25) is 0 Å². The van der Waals surface area contributed by atoms with Crippen molar-refractivity contribution in [2.75, 3.05) is 106 Å². The Labute approximate surface area is 453 Å². The Bertz CT molecular complexity index is 3060. The van der Waals surface area contributed by atoms with Gasteiger partial charge in [0.05, 0.1) is 61.3 Å². The summed E-state index contributed by atoms with van der Waals surface area (Å²) in [6.07, 6.45) is 19.3. The smallest absolute Gasteiger partial charge is 0.257 e. The third kappa shape index (κ3) is 10.4. The van der Waals surface area contributed by atoms with Crippen LogP contribution < -0.4 is 21.3 Å². The second-order valence-corrected chi connectivity index (χ2v) is 20.8. The lowest BCUT2D eigenvalue weighted by Gasteiger charge is -2.35. The second kappa shape index (κ2) is 23.5. The van der Waals surface area contributed by atoms with Gasteiger partial charge in [-0.25, -0.2) is 19.9 Å². The summed E-state index contributed by atoms with van der Waals surface area (Å²) in [4.78, 5) is 50.9. The number of piperidine rings is 2. The molecule has 4 fully saturated rings. The predicted molar refractivity (Wildman–Crippen MR) is 296 cm³/mol. The molecule has 0 bridgehead atoms. The van der Waals surface area contributed by atoms with E-state index < -0.39 is 0 Å². The van der Waals surface area contributed by atoms with Crippen LogP contribution in [0.15, 0.2) is 73.6 Å². The molecule has 22 heteroatoms. The highest BCUT2D eigenvalue weighted by molar-refractivity contribution is 6.01. The van der Waals surface area contributed by atoms with Gasteiger partial charge in [0, 0.05) is 153 Å². The van der Waals surface area contributed by atoms with Crippen LogP contribution in [0.1, 0.15) is 84.2 Å². The van der Waals surface area contributed by atoms with Gasteiger partial charge >= 0.3 is 0 Å². The van der Waals surface area contributed by atoms with E-state index in [9.17, 15) is 9.59 Å². The first-order chi connectivity index (χ1) is 38.2. The first kappa shape index (κ1) is 52.9. The number of pyridine rings is 2. The molecule has 12 rings (SSSR count). The van der Waals surface area contributed by atoms with Crippen molar-refractivity contribution in [1.29, 1.82) is 0 Å². The first-order valence-electron chi connectivity index (χ1n) is 27.4. The van der Waals surface area contributed by atoms with Gasteiger partial charge in [-0.1, -0.05) is 0 Å². The number of nitrogens with one attached hydrogen (secondary N) is 4. The summed E-state index contributed by atoms with van der Waals surface area (Å²) in [7, 11) is 10.5. The molecule has 0 unspecified atom stereocenters. The van der Waals surface area contributed by atoms with Crippen molar-refractivity contribution in [3.63, 3.8) is 0 Å². The Balaban J connectivity index is 0.000000165. The maximum atomic E-state index is 13.2. The average molecular weight is 1070 g/mol. The molecule has 2 amide bonds. The van der Waals surface area contributed by atoms with Crippen LogP contribution >= 0.6 is 0 Å². The Morgan fingerprint density at radius 1 is 0.564 bits per heavy atom. The summed E-state index contributed by atoms with van der Waals surface area (Å²) in [5.74, 6) is 3.02. The maximum absolute atomic E-state index is 13.2. The van der Waals surface area contributed by atoms with Gasteiger partial charge in [-0.2, -0.15) is 19.2 Å². The standard InChI is InChI=1S/2C28H36N8O3/c2*1-29-25-15-23(32-27-21(17-31-36(25)27)28(37)33-22-6-7-24(22)39-3)20-16-30-26-19(20)5-4-10-35(26)18-8-11-34(12-9-18)13-14-38-2/h2*4-5,10,15-18,22,24,29H,6-9,11-14H2,1-3H3,(H,33,37)/t2*22-,24-/m10/s1. The van der Waals surface area contributed by atoms with Crippen LogP contribution in [-0.2, 0) is 18.9 Å². The number of carbonyl (C=O) groups is 2. The van der Waals surface area contributed by atoms with E-state index in [0.717, 1.165) is 161 Å². The van der Waals surface area contributed by atoms with E-state index in [0.29, 0.717) is 34.5 Å². The lowest BCUT2D eigenvalue weighted by molar-refractivity contribution is 0.00731. The zero-order valence-electron chi connectivity index (χ0n) is 45.5. The number of methoxy groups -OCH3 is 4. The van der Waals surface area contributed by atoms with Crippen LogP contribution in [-0.4, -0.2) is 189 Å². The summed E-state index contributed by atoms with van der Waals surface area (Å²) in [6, 6.07) is 13.1. The average Bonchev–Trinajstić information content (AvgIpc) is 4.38. The molecule has 4 N–H and O–H groups in total. The Hall–Kier alpha value is -7.08. The lowest BCUT2D eigenvalue weighted by Crippen LogP contribution is -2.51. The summed E-state index contributed by atoms with van der Waals surface area (Å²) in [6.45, 7) is 7.67. The van der Waals surface area contributed by atoms with Crippen LogP contribution in [0.4, 0.5) is 11.6 Å². The highest BCUT2D eigenvalue weighted by atomic mass is 16.5. The number of hydrogen-bond acceptors (Lipinski definition) is 16. The molecule has 8 aliphatic rings. The highest BCUT2D eigenvalue weighted by Crippen LogP contribution is 2.39. The van der Waals surface area contributed by atoms with E-state index in [1.807, 2.05) is 38.6 Å². The quantitative estimate of drug-likeness (QED) is 0.0791. The zero-order valence-corrected chi connectivity index (χ0v) is 45.5. The second-order valence-electron chi connectivity index (χ2n) is 20.8. The number of aromatic nitrogens is 10.